The van der Waals surface area contributed by atoms with Gasteiger partial charge in [0, 0.05) is 0 Å². The molecule has 0 atom stereocenters. The molecule has 0 aliphatic heterocycles. The zero-order chi connectivity index (χ0) is 4.99. The predicted molar refractivity (Wildman–Crippen MR) is 27.2 cm³/mol. The number of rotatable bonds is 0. The topological polar surface area (TPSA) is 35.5 Å². The van der Waals surface area contributed by atoms with E-state index in [1.807, 2.05) is 0 Å². The summed E-state index contributed by atoms with van der Waals surface area (Å²) in [4.78, 5) is 9.47. The minimum atomic E-state index is -1.13. The summed E-state index contributed by atoms with van der Waals surface area (Å²) in [6, 6.07) is 0. The Kier molecular flexibility index (Phi) is 9.99. The fraction of sp³-hybridized carbons (Fsp3) is 0. The van der Waals surface area contributed by atoms with Gasteiger partial charge in [0.05, 0.1) is 0 Å². The maximum absolute atomic E-state index is 9.47. The van der Waals surface area contributed by atoms with E-state index in [0.717, 1.165) is 0 Å². The Hall–Kier alpha value is 0.616. The summed E-state index contributed by atoms with van der Waals surface area (Å²) in [5.74, 6) is 0. The molecule has 0 aromatic heterocycles. The van der Waals surface area contributed by atoms with Crippen LogP contribution in [0.2, 0.25) is 0 Å². The fourth-order valence-electron chi connectivity index (χ4n) is 0.0119. The number of halogens is 2. The summed E-state index contributed by atoms with van der Waals surface area (Å²) >= 11 is 8.79. The molecular weight excluding hydrogens is 155 g/mol. The molecule has 7 heavy (non-hydrogen) atoms. The van der Waals surface area contributed by atoms with Crippen LogP contribution in [0.3, 0.4) is 0 Å². The van der Waals surface area contributed by atoms with E-state index in [2.05, 4.69) is 32.3 Å². The molecule has 6 heteroatoms. The van der Waals surface area contributed by atoms with E-state index >= 15 is 0 Å². The van der Waals surface area contributed by atoms with Crippen LogP contribution in [0, 0.1) is 0 Å². The third-order valence-corrected chi connectivity index (χ3v) is 0.378. The van der Waals surface area contributed by atoms with Crippen LogP contribution >= 0.6 is 23.7 Å². The predicted octanol–water partition coefficient (Wildman–Crippen LogP) is 1.29. The third kappa shape index (κ3) is 6.62. The second kappa shape index (κ2) is 6.62. The van der Waals surface area contributed by atoms with Gasteiger partial charge in [-0.1, -0.05) is 0 Å². The summed E-state index contributed by atoms with van der Waals surface area (Å²) in [6.07, 6.45) is -1.13. The van der Waals surface area contributed by atoms with Crippen molar-refractivity contribution >= 4 is 52.9 Å². The van der Waals surface area contributed by atoms with E-state index in [4.69, 9.17) is 0 Å². The molecule has 0 saturated heterocycles. The zero-order valence-electron chi connectivity index (χ0n) is 5.19. The van der Waals surface area contributed by atoms with Crippen LogP contribution in [0.4, 0.5) is 4.79 Å². The van der Waals surface area contributed by atoms with Crippen molar-refractivity contribution in [2.75, 3.05) is 0 Å². The molecule has 0 unspecified atom stereocenters. The Bertz CT molecular complexity index is 57.8. The Labute approximate surface area is 69.3 Å². The van der Waals surface area contributed by atoms with E-state index in [9.17, 15) is 4.79 Å². The van der Waals surface area contributed by atoms with Crippen LogP contribution in [0.15, 0.2) is 0 Å². The molecule has 0 bridgehead atoms. The van der Waals surface area contributed by atoms with Crippen LogP contribution in [0.5, 0.6) is 0 Å². The van der Waals surface area contributed by atoms with Gasteiger partial charge >= 0.3 is 29.2 Å². The first-order valence-corrected chi connectivity index (χ1v) is 1.54. The second-order valence-corrected chi connectivity index (χ2v) is 0.713. The molecule has 0 spiro atoms. The number of carbonyl (C=O) groups excluding carboxylic acids is 1. The molecule has 0 radical (unpaired) electrons. The van der Waals surface area contributed by atoms with Gasteiger partial charge in [-0.15, -0.1) is 0 Å². The van der Waals surface area contributed by atoms with Crippen LogP contribution in [0.1, 0.15) is 2.85 Å². The van der Waals surface area contributed by atoms with Crippen molar-refractivity contribution in [3.8, 4) is 0 Å². The molecule has 0 fully saturated rings. The van der Waals surface area contributed by atoms with Crippen LogP contribution in [-0.2, 0) is 8.58 Å². The first kappa shape index (κ1) is 10.6. The van der Waals surface area contributed by atoms with Crippen molar-refractivity contribution in [2.24, 2.45) is 0 Å². The second-order valence-electron chi connectivity index (χ2n) is 0.404. The van der Waals surface area contributed by atoms with Crippen molar-refractivity contribution in [2.45, 2.75) is 0 Å². The zero-order valence-corrected chi connectivity index (χ0v) is 6.11. The fourth-order valence-corrected chi connectivity index (χ4v) is 0.107. The Morgan fingerprint density at radius 1 is 1.43 bits per heavy atom. The van der Waals surface area contributed by atoms with Gasteiger partial charge in [-0.05, 0) is 0 Å². The van der Waals surface area contributed by atoms with E-state index in [1.165, 1.54) is 0 Å². The average molecular weight is 157 g/mol. The first-order chi connectivity index (χ1) is 2.81. The van der Waals surface area contributed by atoms with Gasteiger partial charge in [0.2, 0.25) is 0 Å². The van der Waals surface area contributed by atoms with Gasteiger partial charge in [-0.25, -0.2) is 4.79 Å². The standard InChI is InChI=1S/CCl2O3.Mg.2H/c2-5-1(4)6-3;;;/q;+2;2*-1. The summed E-state index contributed by atoms with van der Waals surface area (Å²) in [5, 5.41) is 0. The van der Waals surface area contributed by atoms with Gasteiger partial charge in [0.1, 0.15) is 23.7 Å². The maximum Gasteiger partial charge on any atom is 2.00 e. The quantitative estimate of drug-likeness (QED) is 0.497. The molecular formula is CH2Cl2MgO3. The van der Waals surface area contributed by atoms with Crippen molar-refractivity contribution in [3.05, 3.63) is 0 Å². The molecule has 0 rings (SSSR count). The van der Waals surface area contributed by atoms with E-state index in [-0.39, 0.29) is 25.9 Å². The largest absolute Gasteiger partial charge is 2.00 e. The summed E-state index contributed by atoms with van der Waals surface area (Å²) in [5.41, 5.74) is 0. The maximum atomic E-state index is 9.47. The summed E-state index contributed by atoms with van der Waals surface area (Å²) in [7, 11) is 0. The Morgan fingerprint density at radius 3 is 1.71 bits per heavy atom. The Balaban J connectivity index is -0.0000000417. The molecule has 0 aliphatic carbocycles. The molecule has 40 valence electrons. The van der Waals surface area contributed by atoms with Crippen molar-refractivity contribution in [1.82, 2.24) is 0 Å². The monoisotopic (exact) mass is 156 g/mol. The van der Waals surface area contributed by atoms with Crippen molar-refractivity contribution in [1.29, 1.82) is 0 Å². The molecule has 0 heterocycles. The molecule has 0 aromatic carbocycles. The van der Waals surface area contributed by atoms with Gasteiger partial charge in [0.15, 0.2) is 0 Å². The molecule has 0 amide bonds. The molecule has 0 N–H and O–H groups in total. The van der Waals surface area contributed by atoms with E-state index < -0.39 is 6.16 Å². The third-order valence-electron chi connectivity index (χ3n) is 0.126. The number of hydrogen-bond acceptors (Lipinski definition) is 3. The van der Waals surface area contributed by atoms with Gasteiger partial charge in [-0.2, -0.15) is 0 Å². The minimum Gasteiger partial charge on any atom is -1.00 e. The van der Waals surface area contributed by atoms with Crippen LogP contribution in [-0.4, -0.2) is 29.2 Å². The van der Waals surface area contributed by atoms with Gasteiger partial charge in [-0.3, -0.25) is 0 Å². The number of hydrogen-bond donors (Lipinski definition) is 0. The van der Waals surface area contributed by atoms with Crippen molar-refractivity contribution < 1.29 is 16.2 Å². The normalized spacial score (nSPS) is 6.00. The van der Waals surface area contributed by atoms with Crippen LogP contribution in [0.25, 0.3) is 0 Å². The van der Waals surface area contributed by atoms with Crippen LogP contribution < -0.4 is 0 Å². The first-order valence-electron chi connectivity index (χ1n) is 0.921. The smallest absolute Gasteiger partial charge is 1.00 e. The summed E-state index contributed by atoms with van der Waals surface area (Å²) < 4.78 is 6.76. The van der Waals surface area contributed by atoms with E-state index in [0.29, 0.717) is 0 Å². The minimum absolute atomic E-state index is 0. The molecule has 0 aliphatic rings. The average Bonchev–Trinajstić information content (AvgIpc) is 1.65. The number of carbonyl (C=O) groups is 1. The Morgan fingerprint density at radius 2 is 1.71 bits per heavy atom. The van der Waals surface area contributed by atoms with E-state index in [1.54, 1.807) is 0 Å². The van der Waals surface area contributed by atoms with Gasteiger partial charge < -0.3 is 11.4 Å². The SMILES string of the molecule is O=C(OCl)OCl.[H-].[H-].[Mg+2]. The molecule has 3 nitrogen and oxygen atoms in total. The van der Waals surface area contributed by atoms with Crippen molar-refractivity contribution in [3.63, 3.8) is 0 Å². The van der Waals surface area contributed by atoms with Gasteiger partial charge in [0.25, 0.3) is 0 Å². The molecule has 0 aromatic rings. The summed E-state index contributed by atoms with van der Waals surface area (Å²) in [6.45, 7) is 0. The molecule has 0 saturated carbocycles.